The number of nitriles is 2. The Morgan fingerprint density at radius 3 is 2.74 bits per heavy atom. The van der Waals surface area contributed by atoms with E-state index in [4.69, 9.17) is 15.7 Å². The van der Waals surface area contributed by atoms with Crippen LogP contribution in [0.5, 0.6) is 0 Å². The Morgan fingerprint density at radius 1 is 1.42 bits per heavy atom. The highest BCUT2D eigenvalue weighted by atomic mass is 32.1. The van der Waals surface area contributed by atoms with Gasteiger partial charge in [-0.1, -0.05) is 0 Å². The van der Waals surface area contributed by atoms with Crippen LogP contribution in [0.1, 0.15) is 30.2 Å². The number of hydrogen-bond donors (Lipinski definition) is 1. The van der Waals surface area contributed by atoms with E-state index in [-0.39, 0.29) is 5.60 Å². The van der Waals surface area contributed by atoms with Gasteiger partial charge in [0.05, 0.1) is 11.3 Å². The van der Waals surface area contributed by atoms with Crippen LogP contribution in [-0.2, 0) is 4.74 Å². The Bertz CT molecular complexity index is 568. The van der Waals surface area contributed by atoms with E-state index in [2.05, 4.69) is 17.9 Å². The maximum Gasteiger partial charge on any atom is 0.131 e. The fourth-order valence-corrected chi connectivity index (χ4v) is 3.38. The van der Waals surface area contributed by atoms with Crippen LogP contribution in [0.4, 0.5) is 10.7 Å². The standard InChI is InChI=1S/C13H16N4OS/c1-13(18-2)4-3-5-17(8-13)12-9(6-14)11(16)10(7-15)19-12/h3-5,8,16H2,1-2H3. The lowest BCUT2D eigenvalue weighted by Gasteiger charge is -2.40. The lowest BCUT2D eigenvalue weighted by molar-refractivity contribution is -0.00452. The predicted molar refractivity (Wildman–Crippen MR) is 75.0 cm³/mol. The highest BCUT2D eigenvalue weighted by molar-refractivity contribution is 7.17. The van der Waals surface area contributed by atoms with Crippen molar-refractivity contribution < 1.29 is 4.74 Å². The first-order chi connectivity index (χ1) is 9.04. The first-order valence-corrected chi connectivity index (χ1v) is 6.89. The van der Waals surface area contributed by atoms with Crippen LogP contribution < -0.4 is 10.6 Å². The van der Waals surface area contributed by atoms with Gasteiger partial charge in [-0.25, -0.2) is 0 Å². The molecule has 0 amide bonds. The summed E-state index contributed by atoms with van der Waals surface area (Å²) in [6.45, 7) is 3.63. The largest absolute Gasteiger partial charge is 0.396 e. The van der Waals surface area contributed by atoms with Crippen molar-refractivity contribution in [2.24, 2.45) is 0 Å². The van der Waals surface area contributed by atoms with Gasteiger partial charge in [0, 0.05) is 20.2 Å². The summed E-state index contributed by atoms with van der Waals surface area (Å²) in [5.74, 6) is 0. The van der Waals surface area contributed by atoms with Gasteiger partial charge in [0.15, 0.2) is 0 Å². The van der Waals surface area contributed by atoms with E-state index in [1.807, 2.05) is 6.07 Å². The SMILES string of the molecule is COC1(C)CCCN(c2sc(C#N)c(N)c2C#N)C1. The van der Waals surface area contributed by atoms with Crippen molar-refractivity contribution in [2.45, 2.75) is 25.4 Å². The highest BCUT2D eigenvalue weighted by Crippen LogP contribution is 2.39. The third kappa shape index (κ3) is 2.37. The van der Waals surface area contributed by atoms with Gasteiger partial charge in [-0.05, 0) is 19.8 Å². The molecule has 0 radical (unpaired) electrons. The zero-order chi connectivity index (χ0) is 14.0. The summed E-state index contributed by atoms with van der Waals surface area (Å²) < 4.78 is 5.55. The lowest BCUT2D eigenvalue weighted by atomic mass is 9.95. The third-order valence-electron chi connectivity index (χ3n) is 3.58. The van der Waals surface area contributed by atoms with E-state index in [9.17, 15) is 5.26 Å². The molecule has 0 saturated carbocycles. The Labute approximate surface area is 116 Å². The second-order valence-electron chi connectivity index (χ2n) is 4.93. The van der Waals surface area contributed by atoms with E-state index in [0.717, 1.165) is 24.4 Å². The third-order valence-corrected chi connectivity index (χ3v) is 4.75. The number of anilines is 2. The summed E-state index contributed by atoms with van der Waals surface area (Å²) in [6, 6.07) is 4.16. The zero-order valence-electron chi connectivity index (χ0n) is 11.1. The van der Waals surface area contributed by atoms with Crippen LogP contribution in [0.2, 0.25) is 0 Å². The quantitative estimate of drug-likeness (QED) is 0.893. The number of methoxy groups -OCH3 is 1. The summed E-state index contributed by atoms with van der Waals surface area (Å²) in [7, 11) is 1.71. The molecule has 1 aliphatic heterocycles. The summed E-state index contributed by atoms with van der Waals surface area (Å²) in [4.78, 5) is 2.52. The normalized spacial score (nSPS) is 22.8. The lowest BCUT2D eigenvalue weighted by Crippen LogP contribution is -2.47. The molecule has 6 heteroatoms. The molecule has 0 aromatic carbocycles. The molecule has 1 aliphatic rings. The summed E-state index contributed by atoms with van der Waals surface area (Å²) in [6.07, 6.45) is 1.99. The number of nitrogen functional groups attached to an aromatic ring is 1. The van der Waals surface area contributed by atoms with Crippen molar-refractivity contribution in [3.8, 4) is 12.1 Å². The Hall–Kier alpha value is -1.76. The Balaban J connectivity index is 2.38. The molecule has 19 heavy (non-hydrogen) atoms. The molecule has 0 bridgehead atoms. The monoisotopic (exact) mass is 276 g/mol. The average Bonchev–Trinajstić information content (AvgIpc) is 2.75. The van der Waals surface area contributed by atoms with Gasteiger partial charge in [0.1, 0.15) is 27.6 Å². The fraction of sp³-hybridized carbons (Fsp3) is 0.538. The van der Waals surface area contributed by atoms with Crippen molar-refractivity contribution in [1.82, 2.24) is 0 Å². The van der Waals surface area contributed by atoms with Crippen molar-refractivity contribution in [3.63, 3.8) is 0 Å². The second kappa shape index (κ2) is 5.08. The smallest absolute Gasteiger partial charge is 0.131 e. The van der Waals surface area contributed by atoms with Gasteiger partial charge in [0.2, 0.25) is 0 Å². The molecule has 1 aromatic heterocycles. The molecule has 2 rings (SSSR count). The number of hydrogen-bond acceptors (Lipinski definition) is 6. The summed E-state index contributed by atoms with van der Waals surface area (Å²) in [5, 5.41) is 19.1. The van der Waals surface area contributed by atoms with Crippen LogP contribution in [-0.4, -0.2) is 25.8 Å². The molecule has 1 fully saturated rings. The summed E-state index contributed by atoms with van der Waals surface area (Å²) >= 11 is 1.29. The van der Waals surface area contributed by atoms with Gasteiger partial charge in [-0.3, -0.25) is 0 Å². The molecule has 1 saturated heterocycles. The van der Waals surface area contributed by atoms with Gasteiger partial charge in [0.25, 0.3) is 0 Å². The first-order valence-electron chi connectivity index (χ1n) is 6.07. The number of rotatable bonds is 2. The van der Waals surface area contributed by atoms with Gasteiger partial charge in [-0.2, -0.15) is 10.5 Å². The van der Waals surface area contributed by atoms with Crippen molar-refractivity contribution in [2.75, 3.05) is 30.8 Å². The molecular weight excluding hydrogens is 260 g/mol. The van der Waals surface area contributed by atoms with E-state index in [0.29, 0.717) is 22.7 Å². The van der Waals surface area contributed by atoms with Crippen LogP contribution >= 0.6 is 11.3 Å². The van der Waals surface area contributed by atoms with Gasteiger partial charge in [-0.15, -0.1) is 11.3 Å². The molecule has 0 aliphatic carbocycles. The molecule has 1 atom stereocenters. The zero-order valence-corrected chi connectivity index (χ0v) is 11.9. The van der Waals surface area contributed by atoms with E-state index in [1.54, 1.807) is 7.11 Å². The fourth-order valence-electron chi connectivity index (χ4n) is 2.39. The summed E-state index contributed by atoms with van der Waals surface area (Å²) in [5.41, 5.74) is 6.35. The minimum absolute atomic E-state index is 0.212. The molecule has 2 heterocycles. The molecule has 0 spiro atoms. The number of thiophene rings is 1. The van der Waals surface area contributed by atoms with Gasteiger partial charge >= 0.3 is 0 Å². The van der Waals surface area contributed by atoms with Crippen molar-refractivity contribution >= 4 is 22.0 Å². The first kappa shape index (κ1) is 13.7. The predicted octanol–water partition coefficient (Wildman–Crippen LogP) is 2.08. The Kier molecular flexibility index (Phi) is 3.66. The highest BCUT2D eigenvalue weighted by Gasteiger charge is 2.33. The average molecular weight is 276 g/mol. The molecule has 2 N–H and O–H groups in total. The van der Waals surface area contributed by atoms with E-state index in [1.165, 1.54) is 11.3 Å². The molecule has 1 aromatic rings. The van der Waals surface area contributed by atoms with E-state index >= 15 is 0 Å². The number of ether oxygens (including phenoxy) is 1. The maximum absolute atomic E-state index is 9.24. The number of piperidine rings is 1. The maximum atomic E-state index is 9.24. The number of nitrogens with zero attached hydrogens (tertiary/aromatic N) is 3. The van der Waals surface area contributed by atoms with Crippen LogP contribution in [0.15, 0.2) is 0 Å². The Morgan fingerprint density at radius 2 is 2.16 bits per heavy atom. The van der Waals surface area contributed by atoms with Crippen molar-refractivity contribution in [1.29, 1.82) is 10.5 Å². The number of nitrogens with two attached hydrogens (primary N) is 1. The van der Waals surface area contributed by atoms with Gasteiger partial charge < -0.3 is 15.4 Å². The van der Waals surface area contributed by atoms with Crippen LogP contribution in [0.25, 0.3) is 0 Å². The molecule has 5 nitrogen and oxygen atoms in total. The van der Waals surface area contributed by atoms with E-state index < -0.39 is 0 Å². The molecular formula is C13H16N4OS. The minimum atomic E-state index is -0.212. The minimum Gasteiger partial charge on any atom is -0.396 e. The molecule has 1 unspecified atom stereocenters. The second-order valence-corrected chi connectivity index (χ2v) is 5.93. The van der Waals surface area contributed by atoms with Crippen molar-refractivity contribution in [3.05, 3.63) is 10.4 Å². The topological polar surface area (TPSA) is 86.1 Å². The molecule has 100 valence electrons. The van der Waals surface area contributed by atoms with Crippen LogP contribution in [0, 0.1) is 22.7 Å². The van der Waals surface area contributed by atoms with Crippen LogP contribution in [0.3, 0.4) is 0 Å².